The Morgan fingerprint density at radius 1 is 1.35 bits per heavy atom. The second-order valence-electron chi connectivity index (χ2n) is 6.76. The summed E-state index contributed by atoms with van der Waals surface area (Å²) in [5.41, 5.74) is -0.683. The van der Waals surface area contributed by atoms with Crippen LogP contribution in [0.3, 0.4) is 0 Å². The van der Waals surface area contributed by atoms with Gasteiger partial charge in [0.1, 0.15) is 17.5 Å². The van der Waals surface area contributed by atoms with Crippen LogP contribution in [0.2, 0.25) is 0 Å². The molecule has 2 aliphatic rings. The van der Waals surface area contributed by atoms with Gasteiger partial charge in [0.15, 0.2) is 5.78 Å². The minimum Gasteiger partial charge on any atom is -0.487 e. The van der Waals surface area contributed by atoms with E-state index in [1.807, 2.05) is 6.92 Å². The van der Waals surface area contributed by atoms with Gasteiger partial charge in [0.2, 0.25) is 0 Å². The smallest absolute Gasteiger partial charge is 0.303 e. The van der Waals surface area contributed by atoms with E-state index in [0.29, 0.717) is 12.8 Å². The molecule has 0 aromatic rings. The predicted octanol–water partition coefficient (Wildman–Crippen LogP) is 3.15. The van der Waals surface area contributed by atoms with Crippen LogP contribution in [-0.4, -0.2) is 23.5 Å². The van der Waals surface area contributed by atoms with Gasteiger partial charge < -0.3 is 9.47 Å². The Bertz CT molecular complexity index is 449. The molecule has 0 aliphatic carbocycles. The van der Waals surface area contributed by atoms with Gasteiger partial charge in [-0.15, -0.1) is 0 Å². The molecule has 4 nitrogen and oxygen atoms in total. The molecule has 112 valence electrons. The van der Waals surface area contributed by atoms with E-state index in [-0.39, 0.29) is 23.3 Å². The van der Waals surface area contributed by atoms with E-state index in [1.165, 1.54) is 6.92 Å². The van der Waals surface area contributed by atoms with Crippen molar-refractivity contribution in [2.45, 2.75) is 71.5 Å². The summed E-state index contributed by atoms with van der Waals surface area (Å²) in [4.78, 5) is 23.3. The third-order valence-electron chi connectivity index (χ3n) is 4.42. The van der Waals surface area contributed by atoms with E-state index in [2.05, 4.69) is 13.8 Å². The lowest BCUT2D eigenvalue weighted by molar-refractivity contribution is -0.167. The van der Waals surface area contributed by atoms with E-state index < -0.39 is 5.60 Å². The van der Waals surface area contributed by atoms with Crippen LogP contribution in [0.25, 0.3) is 0 Å². The summed E-state index contributed by atoms with van der Waals surface area (Å²) in [6.07, 6.45) is 5.01. The first-order valence-electron chi connectivity index (χ1n) is 7.34. The summed E-state index contributed by atoms with van der Waals surface area (Å²) in [5, 5.41) is 0. The normalized spacial score (nSPS) is 35.7. The van der Waals surface area contributed by atoms with Gasteiger partial charge in [0.25, 0.3) is 0 Å². The van der Waals surface area contributed by atoms with E-state index in [4.69, 9.17) is 9.47 Å². The Labute approximate surface area is 120 Å². The summed E-state index contributed by atoms with van der Waals surface area (Å²) in [6.45, 7) is 7.59. The lowest BCUT2D eigenvalue weighted by Gasteiger charge is -2.39. The average molecular weight is 280 g/mol. The highest BCUT2D eigenvalue weighted by Crippen LogP contribution is 2.44. The van der Waals surface area contributed by atoms with Crippen LogP contribution in [-0.2, 0) is 19.1 Å². The van der Waals surface area contributed by atoms with Crippen LogP contribution < -0.4 is 0 Å². The summed E-state index contributed by atoms with van der Waals surface area (Å²) in [7, 11) is 0. The standard InChI is InChI=1S/C16H24O4/c1-11(17)19-13-7-6-12(18)10-14-15(2,3)8-5-9-16(13,4)20-14/h10,13H,5-9H2,1-4H3/b14-10-/t13-,16-/m0/s1. The molecule has 1 saturated heterocycles. The number of ketones is 1. The van der Waals surface area contributed by atoms with Crippen LogP contribution >= 0.6 is 0 Å². The number of hydrogen-bond acceptors (Lipinski definition) is 4. The van der Waals surface area contributed by atoms with Crippen LogP contribution in [0.1, 0.15) is 59.8 Å². The molecule has 0 N–H and O–H groups in total. The Hall–Kier alpha value is -1.32. The molecule has 0 amide bonds. The molecular weight excluding hydrogens is 256 g/mol. The van der Waals surface area contributed by atoms with Crippen molar-refractivity contribution in [3.05, 3.63) is 11.8 Å². The van der Waals surface area contributed by atoms with Gasteiger partial charge >= 0.3 is 5.97 Å². The zero-order chi connectivity index (χ0) is 15.0. The zero-order valence-electron chi connectivity index (χ0n) is 12.8. The fraction of sp³-hybridized carbons (Fsp3) is 0.750. The van der Waals surface area contributed by atoms with Crippen molar-refractivity contribution >= 4 is 11.8 Å². The first-order chi connectivity index (χ1) is 9.23. The van der Waals surface area contributed by atoms with Gasteiger partial charge in [0, 0.05) is 24.8 Å². The van der Waals surface area contributed by atoms with Crippen molar-refractivity contribution in [2.24, 2.45) is 5.41 Å². The molecule has 0 saturated carbocycles. The summed E-state index contributed by atoms with van der Waals surface area (Å²) >= 11 is 0. The molecule has 2 heterocycles. The SMILES string of the molecule is CC(=O)O[C@H]1CCC(=O)/C=C2\O[C@@]1(C)CCCC2(C)C. The number of hydrogen-bond donors (Lipinski definition) is 0. The largest absolute Gasteiger partial charge is 0.487 e. The van der Waals surface area contributed by atoms with Crippen molar-refractivity contribution in [3.63, 3.8) is 0 Å². The molecule has 0 aromatic heterocycles. The fourth-order valence-electron chi connectivity index (χ4n) is 3.08. The number of carbonyl (C=O) groups excluding carboxylic acids is 2. The molecule has 0 aromatic carbocycles. The molecule has 2 aliphatic heterocycles. The van der Waals surface area contributed by atoms with Crippen molar-refractivity contribution in [1.29, 1.82) is 0 Å². The van der Waals surface area contributed by atoms with Gasteiger partial charge in [-0.25, -0.2) is 0 Å². The molecule has 0 radical (unpaired) electrons. The number of rotatable bonds is 1. The number of esters is 1. The predicted molar refractivity (Wildman–Crippen MR) is 75.0 cm³/mol. The lowest BCUT2D eigenvalue weighted by Crippen LogP contribution is -2.45. The maximum atomic E-state index is 12.0. The molecule has 4 heteroatoms. The van der Waals surface area contributed by atoms with Crippen molar-refractivity contribution in [2.75, 3.05) is 0 Å². The number of fused-ring (bicyclic) bond motifs is 2. The van der Waals surface area contributed by atoms with Crippen molar-refractivity contribution in [3.8, 4) is 0 Å². The highest BCUT2D eigenvalue weighted by atomic mass is 16.6. The maximum Gasteiger partial charge on any atom is 0.303 e. The third-order valence-corrected chi connectivity index (χ3v) is 4.42. The van der Waals surface area contributed by atoms with E-state index in [9.17, 15) is 9.59 Å². The number of ether oxygens (including phenoxy) is 2. The van der Waals surface area contributed by atoms with Gasteiger partial charge in [-0.05, 0) is 32.6 Å². The molecule has 20 heavy (non-hydrogen) atoms. The van der Waals surface area contributed by atoms with Crippen molar-refractivity contribution in [1.82, 2.24) is 0 Å². The van der Waals surface area contributed by atoms with Gasteiger partial charge in [-0.1, -0.05) is 13.8 Å². The highest BCUT2D eigenvalue weighted by Gasteiger charge is 2.45. The molecule has 0 spiro atoms. The molecule has 2 bridgehead atoms. The first-order valence-corrected chi connectivity index (χ1v) is 7.34. The minimum absolute atomic E-state index is 0.0502. The summed E-state index contributed by atoms with van der Waals surface area (Å²) < 4.78 is 11.6. The maximum absolute atomic E-state index is 12.0. The van der Waals surface area contributed by atoms with E-state index >= 15 is 0 Å². The number of carbonyl (C=O) groups is 2. The Morgan fingerprint density at radius 2 is 2.05 bits per heavy atom. The molecule has 2 atom stereocenters. The van der Waals surface area contributed by atoms with Crippen LogP contribution in [0.15, 0.2) is 11.8 Å². The van der Waals surface area contributed by atoms with Gasteiger partial charge in [-0.2, -0.15) is 0 Å². The Morgan fingerprint density at radius 3 is 2.70 bits per heavy atom. The van der Waals surface area contributed by atoms with E-state index in [1.54, 1.807) is 6.08 Å². The summed E-state index contributed by atoms with van der Waals surface area (Å²) in [6, 6.07) is 0. The quantitative estimate of drug-likeness (QED) is 0.692. The third kappa shape index (κ3) is 3.05. The fourth-order valence-corrected chi connectivity index (χ4v) is 3.08. The molecule has 1 fully saturated rings. The monoisotopic (exact) mass is 280 g/mol. The second kappa shape index (κ2) is 5.23. The van der Waals surface area contributed by atoms with Gasteiger partial charge in [-0.3, -0.25) is 9.59 Å². The molecule has 2 rings (SSSR count). The zero-order valence-corrected chi connectivity index (χ0v) is 12.8. The first kappa shape index (κ1) is 15.1. The van der Waals surface area contributed by atoms with Gasteiger partial charge in [0.05, 0.1) is 0 Å². The molecular formula is C16H24O4. The van der Waals surface area contributed by atoms with Crippen LogP contribution in [0.4, 0.5) is 0 Å². The molecule has 0 unspecified atom stereocenters. The van der Waals surface area contributed by atoms with E-state index in [0.717, 1.165) is 25.0 Å². The Balaban J connectivity index is 2.39. The van der Waals surface area contributed by atoms with Crippen LogP contribution in [0.5, 0.6) is 0 Å². The number of allylic oxidation sites excluding steroid dienone is 2. The summed E-state index contributed by atoms with van der Waals surface area (Å²) in [5.74, 6) is 0.468. The Kier molecular flexibility index (Phi) is 3.94. The lowest BCUT2D eigenvalue weighted by atomic mass is 9.85. The van der Waals surface area contributed by atoms with Crippen molar-refractivity contribution < 1.29 is 19.1 Å². The second-order valence-corrected chi connectivity index (χ2v) is 6.76. The minimum atomic E-state index is -0.536. The topological polar surface area (TPSA) is 52.6 Å². The highest BCUT2D eigenvalue weighted by molar-refractivity contribution is 5.90. The average Bonchev–Trinajstić information content (AvgIpc) is 2.42. The van der Waals surface area contributed by atoms with Crippen LogP contribution in [0, 0.1) is 5.41 Å².